The summed E-state index contributed by atoms with van der Waals surface area (Å²) in [6, 6.07) is 1.26. The Morgan fingerprint density at radius 2 is 2.14 bits per heavy atom. The van der Waals surface area contributed by atoms with E-state index in [1.54, 1.807) is 0 Å². The molecule has 1 saturated carbocycles. The molecule has 1 heterocycles. The minimum Gasteiger partial charge on any atom is -0.327 e. The van der Waals surface area contributed by atoms with Crippen molar-refractivity contribution in [3.63, 3.8) is 0 Å². The molecular weight excluding hydrogens is 172 g/mol. The Labute approximate surface area is 87.8 Å². The van der Waals surface area contributed by atoms with Crippen molar-refractivity contribution in [1.29, 1.82) is 0 Å². The summed E-state index contributed by atoms with van der Waals surface area (Å²) in [7, 11) is 0. The van der Waals surface area contributed by atoms with E-state index in [1.807, 2.05) is 0 Å². The number of likely N-dealkylation sites (tertiary alicyclic amines) is 1. The van der Waals surface area contributed by atoms with Crippen molar-refractivity contribution in [3.05, 3.63) is 0 Å². The minimum absolute atomic E-state index is 0.431. The van der Waals surface area contributed by atoms with Gasteiger partial charge in [-0.3, -0.25) is 4.90 Å². The summed E-state index contributed by atoms with van der Waals surface area (Å²) < 4.78 is 0. The molecule has 0 aromatic heterocycles. The third kappa shape index (κ3) is 1.70. The Balaban J connectivity index is 1.92. The highest BCUT2D eigenvalue weighted by Gasteiger charge is 2.55. The van der Waals surface area contributed by atoms with E-state index in [2.05, 4.69) is 25.7 Å². The molecule has 1 saturated heterocycles. The number of nitrogens with two attached hydrogens (primary N) is 1. The van der Waals surface area contributed by atoms with Gasteiger partial charge in [0.2, 0.25) is 0 Å². The molecule has 1 aliphatic heterocycles. The fraction of sp³-hybridized carbons (Fsp3) is 1.00. The van der Waals surface area contributed by atoms with Crippen LogP contribution >= 0.6 is 0 Å². The van der Waals surface area contributed by atoms with Crippen LogP contribution in [0.15, 0.2) is 0 Å². The second-order valence-corrected chi connectivity index (χ2v) is 5.78. The van der Waals surface area contributed by atoms with E-state index >= 15 is 0 Å². The largest absolute Gasteiger partial charge is 0.327 e. The first-order chi connectivity index (χ1) is 6.54. The maximum absolute atomic E-state index is 6.01. The summed E-state index contributed by atoms with van der Waals surface area (Å²) in [5, 5.41) is 0. The monoisotopic (exact) mass is 196 g/mol. The fourth-order valence-corrected chi connectivity index (χ4v) is 2.85. The molecular formula is C12H24N2. The van der Waals surface area contributed by atoms with Gasteiger partial charge in [0.05, 0.1) is 0 Å². The number of piperidine rings is 1. The normalized spacial score (nSPS) is 44.4. The van der Waals surface area contributed by atoms with Crippen LogP contribution in [-0.2, 0) is 0 Å². The van der Waals surface area contributed by atoms with Gasteiger partial charge in [-0.25, -0.2) is 0 Å². The van der Waals surface area contributed by atoms with Crippen LogP contribution in [0.5, 0.6) is 0 Å². The first-order valence-electron chi connectivity index (χ1n) is 6.03. The van der Waals surface area contributed by atoms with Gasteiger partial charge in [-0.1, -0.05) is 20.8 Å². The van der Waals surface area contributed by atoms with Crippen LogP contribution in [0.25, 0.3) is 0 Å². The van der Waals surface area contributed by atoms with Gasteiger partial charge in [0.25, 0.3) is 0 Å². The van der Waals surface area contributed by atoms with Crippen LogP contribution in [-0.4, -0.2) is 30.1 Å². The SMILES string of the molecule is CC(C)C1(C)CC1N1CCCC(N)C1. The van der Waals surface area contributed by atoms with Gasteiger partial charge in [0.1, 0.15) is 0 Å². The summed E-state index contributed by atoms with van der Waals surface area (Å²) in [5.74, 6) is 0.811. The Kier molecular flexibility index (Phi) is 2.61. The van der Waals surface area contributed by atoms with E-state index in [-0.39, 0.29) is 0 Å². The molecule has 0 aromatic carbocycles. The molecule has 0 bridgehead atoms. The molecule has 2 nitrogen and oxygen atoms in total. The lowest BCUT2D eigenvalue weighted by molar-refractivity contribution is 0.164. The number of rotatable bonds is 2. The van der Waals surface area contributed by atoms with Crippen molar-refractivity contribution in [2.24, 2.45) is 17.1 Å². The minimum atomic E-state index is 0.431. The van der Waals surface area contributed by atoms with Crippen LogP contribution in [0.2, 0.25) is 0 Å². The van der Waals surface area contributed by atoms with Crippen molar-refractivity contribution < 1.29 is 0 Å². The zero-order valence-corrected chi connectivity index (χ0v) is 9.79. The van der Waals surface area contributed by atoms with Crippen LogP contribution in [0, 0.1) is 11.3 Å². The van der Waals surface area contributed by atoms with Crippen molar-refractivity contribution in [3.8, 4) is 0 Å². The summed E-state index contributed by atoms with van der Waals surface area (Å²) in [4.78, 5) is 2.63. The third-order valence-electron chi connectivity index (χ3n) is 4.48. The van der Waals surface area contributed by atoms with Gasteiger partial charge < -0.3 is 5.73 Å². The second kappa shape index (κ2) is 3.49. The molecule has 0 amide bonds. The van der Waals surface area contributed by atoms with Crippen molar-refractivity contribution in [1.82, 2.24) is 4.90 Å². The van der Waals surface area contributed by atoms with Crippen LogP contribution in [0.3, 0.4) is 0 Å². The summed E-state index contributed by atoms with van der Waals surface area (Å²) in [6.07, 6.45) is 3.91. The molecule has 82 valence electrons. The number of hydrogen-bond acceptors (Lipinski definition) is 2. The Morgan fingerprint density at radius 1 is 1.43 bits per heavy atom. The highest BCUT2D eigenvalue weighted by atomic mass is 15.2. The predicted octanol–water partition coefficient (Wildman–Crippen LogP) is 1.84. The summed E-state index contributed by atoms with van der Waals surface area (Å²) in [6.45, 7) is 9.55. The van der Waals surface area contributed by atoms with Crippen molar-refractivity contribution >= 4 is 0 Å². The average Bonchev–Trinajstić information content (AvgIpc) is 2.80. The first kappa shape index (κ1) is 10.4. The average molecular weight is 196 g/mol. The number of nitrogens with zero attached hydrogens (tertiary/aromatic N) is 1. The van der Waals surface area contributed by atoms with Crippen molar-refractivity contribution in [2.75, 3.05) is 13.1 Å². The predicted molar refractivity (Wildman–Crippen MR) is 60.1 cm³/mol. The maximum atomic E-state index is 6.01. The number of hydrogen-bond donors (Lipinski definition) is 1. The lowest BCUT2D eigenvalue weighted by Gasteiger charge is -2.33. The fourth-order valence-electron chi connectivity index (χ4n) is 2.85. The molecule has 2 rings (SSSR count). The van der Waals surface area contributed by atoms with E-state index in [0.717, 1.165) is 18.5 Å². The Bertz CT molecular complexity index is 214. The first-order valence-corrected chi connectivity index (χ1v) is 6.03. The molecule has 14 heavy (non-hydrogen) atoms. The van der Waals surface area contributed by atoms with E-state index in [9.17, 15) is 0 Å². The van der Waals surface area contributed by atoms with Crippen LogP contribution in [0.1, 0.15) is 40.0 Å². The lowest BCUT2D eigenvalue weighted by atomic mass is 9.93. The molecule has 2 N–H and O–H groups in total. The van der Waals surface area contributed by atoms with Gasteiger partial charge >= 0.3 is 0 Å². The molecule has 0 aromatic rings. The Hall–Kier alpha value is -0.0800. The third-order valence-corrected chi connectivity index (χ3v) is 4.48. The van der Waals surface area contributed by atoms with Gasteiger partial charge in [-0.15, -0.1) is 0 Å². The zero-order valence-electron chi connectivity index (χ0n) is 9.79. The molecule has 1 aliphatic carbocycles. The second-order valence-electron chi connectivity index (χ2n) is 5.78. The maximum Gasteiger partial charge on any atom is 0.0168 e. The Morgan fingerprint density at radius 3 is 2.64 bits per heavy atom. The van der Waals surface area contributed by atoms with E-state index in [4.69, 9.17) is 5.73 Å². The van der Waals surface area contributed by atoms with E-state index in [0.29, 0.717) is 11.5 Å². The molecule has 2 fully saturated rings. The lowest BCUT2D eigenvalue weighted by Crippen LogP contribution is -2.45. The van der Waals surface area contributed by atoms with E-state index < -0.39 is 0 Å². The summed E-state index contributed by atoms with van der Waals surface area (Å²) >= 11 is 0. The molecule has 2 aliphatic rings. The molecule has 3 atom stereocenters. The highest BCUT2D eigenvalue weighted by molar-refractivity contribution is 5.08. The van der Waals surface area contributed by atoms with Gasteiger partial charge in [-0.05, 0) is 37.1 Å². The molecule has 3 unspecified atom stereocenters. The molecule has 0 spiro atoms. The van der Waals surface area contributed by atoms with Crippen LogP contribution < -0.4 is 5.73 Å². The van der Waals surface area contributed by atoms with Gasteiger partial charge in [0, 0.05) is 18.6 Å². The smallest absolute Gasteiger partial charge is 0.0168 e. The summed E-state index contributed by atoms with van der Waals surface area (Å²) in [5.41, 5.74) is 6.59. The topological polar surface area (TPSA) is 29.3 Å². The van der Waals surface area contributed by atoms with E-state index in [1.165, 1.54) is 25.8 Å². The zero-order chi connectivity index (χ0) is 10.3. The van der Waals surface area contributed by atoms with Gasteiger partial charge in [0.15, 0.2) is 0 Å². The van der Waals surface area contributed by atoms with Crippen molar-refractivity contribution in [2.45, 2.75) is 52.1 Å². The highest BCUT2D eigenvalue weighted by Crippen LogP contribution is 2.54. The van der Waals surface area contributed by atoms with Crippen LogP contribution in [0.4, 0.5) is 0 Å². The van der Waals surface area contributed by atoms with Gasteiger partial charge in [-0.2, -0.15) is 0 Å². The molecule has 2 heteroatoms. The molecule has 0 radical (unpaired) electrons. The quantitative estimate of drug-likeness (QED) is 0.730. The standard InChI is InChI=1S/C12H24N2/c1-9(2)12(3)7-11(12)14-6-4-5-10(13)8-14/h9-11H,4-8,13H2,1-3H3.